The summed E-state index contributed by atoms with van der Waals surface area (Å²) >= 11 is 1.44. The summed E-state index contributed by atoms with van der Waals surface area (Å²) in [6.07, 6.45) is 0. The first-order valence-electron chi connectivity index (χ1n) is 8.43. The quantitative estimate of drug-likeness (QED) is 0.500. The van der Waals surface area contributed by atoms with Gasteiger partial charge in [0.2, 0.25) is 0 Å². The minimum atomic E-state index is -0.132. The molecule has 0 radical (unpaired) electrons. The van der Waals surface area contributed by atoms with Gasteiger partial charge < -0.3 is 0 Å². The lowest BCUT2D eigenvalue weighted by Crippen LogP contribution is -2.12. The summed E-state index contributed by atoms with van der Waals surface area (Å²) in [5, 5.41) is 7.86. The third kappa shape index (κ3) is 3.24. The molecule has 0 saturated heterocycles. The molecule has 128 valence electrons. The highest BCUT2D eigenvalue weighted by Gasteiger charge is 2.11. The maximum absolute atomic E-state index is 12.5. The normalized spacial score (nSPS) is 10.8. The second kappa shape index (κ2) is 6.73. The number of amides is 1. The van der Waals surface area contributed by atoms with Crippen LogP contribution in [0.4, 0.5) is 5.13 Å². The first kappa shape index (κ1) is 16.5. The van der Waals surface area contributed by atoms with Crippen molar-refractivity contribution in [3.63, 3.8) is 0 Å². The number of nitrogens with one attached hydrogen (secondary N) is 1. The second-order valence-electron chi connectivity index (χ2n) is 6.35. The second-order valence-corrected chi connectivity index (χ2v) is 7.21. The average Bonchev–Trinajstić information content (AvgIpc) is 3.12. The molecule has 0 aliphatic carbocycles. The molecule has 0 atom stereocenters. The number of carbonyl (C=O) groups is 1. The van der Waals surface area contributed by atoms with E-state index in [1.54, 1.807) is 0 Å². The van der Waals surface area contributed by atoms with E-state index in [0.717, 1.165) is 16.8 Å². The Bertz CT molecular complexity index is 1110. The summed E-state index contributed by atoms with van der Waals surface area (Å²) in [5.74, 6) is -0.132. The summed E-state index contributed by atoms with van der Waals surface area (Å²) in [4.78, 5) is 17.0. The summed E-state index contributed by atoms with van der Waals surface area (Å²) < 4.78 is 0. The predicted molar refractivity (Wildman–Crippen MR) is 109 cm³/mol. The van der Waals surface area contributed by atoms with Crippen LogP contribution < -0.4 is 5.32 Å². The van der Waals surface area contributed by atoms with Gasteiger partial charge in [0.25, 0.3) is 5.91 Å². The number of rotatable bonds is 3. The lowest BCUT2D eigenvalue weighted by Gasteiger charge is -2.05. The van der Waals surface area contributed by atoms with Gasteiger partial charge in [-0.2, -0.15) is 0 Å². The van der Waals surface area contributed by atoms with Crippen LogP contribution in [0.15, 0.2) is 66.0 Å². The lowest BCUT2D eigenvalue weighted by molar-refractivity contribution is 0.102. The highest BCUT2D eigenvalue weighted by atomic mass is 32.1. The van der Waals surface area contributed by atoms with E-state index in [2.05, 4.69) is 40.6 Å². The van der Waals surface area contributed by atoms with Crippen molar-refractivity contribution in [2.75, 3.05) is 5.32 Å². The van der Waals surface area contributed by atoms with Crippen LogP contribution in [-0.4, -0.2) is 10.9 Å². The van der Waals surface area contributed by atoms with Gasteiger partial charge in [-0.1, -0.05) is 42.5 Å². The Kier molecular flexibility index (Phi) is 4.27. The lowest BCUT2D eigenvalue weighted by atomic mass is 10.1. The standard InChI is InChI=1S/C22H18N2OS/c1-14-7-8-19(11-15(14)2)21(25)24-22-23-20(13-26-22)18-10-9-16-5-3-4-6-17(16)12-18/h3-13H,1-2H3,(H,23,24,25). The number of thiazole rings is 1. The van der Waals surface area contributed by atoms with Gasteiger partial charge in [-0.25, -0.2) is 4.98 Å². The van der Waals surface area contributed by atoms with Gasteiger partial charge in [-0.3, -0.25) is 10.1 Å². The Balaban J connectivity index is 1.57. The number of hydrogen-bond donors (Lipinski definition) is 1. The van der Waals surface area contributed by atoms with Crippen LogP contribution in [0.25, 0.3) is 22.0 Å². The average molecular weight is 358 g/mol. The van der Waals surface area contributed by atoms with Crippen molar-refractivity contribution in [3.8, 4) is 11.3 Å². The van der Waals surface area contributed by atoms with E-state index in [0.29, 0.717) is 10.7 Å². The van der Waals surface area contributed by atoms with E-state index in [4.69, 9.17) is 0 Å². The summed E-state index contributed by atoms with van der Waals surface area (Å²) in [6.45, 7) is 4.04. The van der Waals surface area contributed by atoms with Crippen LogP contribution in [-0.2, 0) is 0 Å². The maximum Gasteiger partial charge on any atom is 0.257 e. The minimum Gasteiger partial charge on any atom is -0.298 e. The molecule has 0 spiro atoms. The monoisotopic (exact) mass is 358 g/mol. The van der Waals surface area contributed by atoms with E-state index < -0.39 is 0 Å². The fourth-order valence-electron chi connectivity index (χ4n) is 2.86. The van der Waals surface area contributed by atoms with Gasteiger partial charge in [-0.15, -0.1) is 11.3 Å². The van der Waals surface area contributed by atoms with Gasteiger partial charge in [0, 0.05) is 16.5 Å². The number of carbonyl (C=O) groups excluding carboxylic acids is 1. The zero-order valence-corrected chi connectivity index (χ0v) is 15.4. The van der Waals surface area contributed by atoms with Crippen molar-refractivity contribution in [1.29, 1.82) is 0 Å². The Morgan fingerprint density at radius 2 is 1.73 bits per heavy atom. The van der Waals surface area contributed by atoms with Crippen molar-refractivity contribution in [1.82, 2.24) is 4.98 Å². The van der Waals surface area contributed by atoms with Crippen molar-refractivity contribution in [2.24, 2.45) is 0 Å². The highest BCUT2D eigenvalue weighted by Crippen LogP contribution is 2.28. The molecule has 0 unspecified atom stereocenters. The number of benzene rings is 3. The smallest absolute Gasteiger partial charge is 0.257 e. The van der Waals surface area contributed by atoms with Crippen LogP contribution in [0.3, 0.4) is 0 Å². The first-order valence-corrected chi connectivity index (χ1v) is 9.31. The molecule has 4 aromatic rings. The zero-order valence-electron chi connectivity index (χ0n) is 14.6. The van der Waals surface area contributed by atoms with Gasteiger partial charge in [0.1, 0.15) is 0 Å². The Morgan fingerprint density at radius 1 is 0.923 bits per heavy atom. The summed E-state index contributed by atoms with van der Waals surface area (Å²) in [7, 11) is 0. The number of hydrogen-bond acceptors (Lipinski definition) is 3. The van der Waals surface area contributed by atoms with Crippen LogP contribution in [0.1, 0.15) is 21.5 Å². The molecular formula is C22H18N2OS. The molecule has 1 heterocycles. The van der Waals surface area contributed by atoms with Crippen molar-refractivity contribution in [2.45, 2.75) is 13.8 Å². The Morgan fingerprint density at radius 3 is 2.54 bits per heavy atom. The molecule has 26 heavy (non-hydrogen) atoms. The molecule has 0 saturated carbocycles. The molecule has 1 aromatic heterocycles. The predicted octanol–water partition coefficient (Wildman–Crippen LogP) is 5.83. The molecule has 1 N–H and O–H groups in total. The fourth-order valence-corrected chi connectivity index (χ4v) is 3.58. The van der Waals surface area contributed by atoms with E-state index in [1.807, 2.05) is 49.6 Å². The Hall–Kier alpha value is -2.98. The van der Waals surface area contributed by atoms with Gasteiger partial charge >= 0.3 is 0 Å². The first-order chi connectivity index (χ1) is 12.6. The van der Waals surface area contributed by atoms with Crippen LogP contribution in [0.2, 0.25) is 0 Å². The SMILES string of the molecule is Cc1ccc(C(=O)Nc2nc(-c3ccc4ccccc4c3)cs2)cc1C. The Labute approximate surface area is 156 Å². The molecule has 3 aromatic carbocycles. The van der Waals surface area contributed by atoms with Crippen molar-refractivity contribution >= 4 is 33.1 Å². The molecule has 0 fully saturated rings. The van der Waals surface area contributed by atoms with Gasteiger partial charge in [-0.05, 0) is 53.9 Å². The highest BCUT2D eigenvalue weighted by molar-refractivity contribution is 7.14. The summed E-state index contributed by atoms with van der Waals surface area (Å²) in [6, 6.07) is 20.2. The molecule has 0 aliphatic rings. The minimum absolute atomic E-state index is 0.132. The van der Waals surface area contributed by atoms with E-state index in [-0.39, 0.29) is 5.91 Å². The molecule has 0 bridgehead atoms. The molecule has 3 nitrogen and oxygen atoms in total. The number of nitrogens with zero attached hydrogens (tertiary/aromatic N) is 1. The number of aromatic nitrogens is 1. The molecular weight excluding hydrogens is 340 g/mol. The maximum atomic E-state index is 12.5. The topological polar surface area (TPSA) is 42.0 Å². The van der Waals surface area contributed by atoms with E-state index in [9.17, 15) is 4.79 Å². The van der Waals surface area contributed by atoms with E-state index in [1.165, 1.54) is 27.7 Å². The third-order valence-corrected chi connectivity index (χ3v) is 5.30. The molecule has 4 rings (SSSR count). The molecule has 1 amide bonds. The number of anilines is 1. The molecule has 4 heteroatoms. The van der Waals surface area contributed by atoms with Gasteiger partial charge in [0.15, 0.2) is 5.13 Å². The van der Waals surface area contributed by atoms with Crippen LogP contribution in [0.5, 0.6) is 0 Å². The zero-order chi connectivity index (χ0) is 18.1. The van der Waals surface area contributed by atoms with Gasteiger partial charge in [0.05, 0.1) is 5.69 Å². The van der Waals surface area contributed by atoms with Crippen LogP contribution >= 0.6 is 11.3 Å². The largest absolute Gasteiger partial charge is 0.298 e. The van der Waals surface area contributed by atoms with Crippen LogP contribution in [0, 0.1) is 13.8 Å². The number of aryl methyl sites for hydroxylation is 2. The fraction of sp³-hybridized carbons (Fsp3) is 0.0909. The number of fused-ring (bicyclic) bond motifs is 1. The van der Waals surface area contributed by atoms with Crippen molar-refractivity contribution < 1.29 is 4.79 Å². The molecule has 0 aliphatic heterocycles. The summed E-state index contributed by atoms with van der Waals surface area (Å²) in [5.41, 5.74) is 4.85. The van der Waals surface area contributed by atoms with Crippen molar-refractivity contribution in [3.05, 3.63) is 82.7 Å². The third-order valence-electron chi connectivity index (χ3n) is 4.54. The van der Waals surface area contributed by atoms with E-state index >= 15 is 0 Å².